The van der Waals surface area contributed by atoms with Crippen molar-refractivity contribution in [1.82, 2.24) is 10.2 Å². The third kappa shape index (κ3) is 4.46. The van der Waals surface area contributed by atoms with E-state index in [1.807, 2.05) is 0 Å². The number of carbonyl (C=O) groups is 2. The number of aliphatic carboxylic acids is 1. The van der Waals surface area contributed by atoms with Gasteiger partial charge in [-0.2, -0.15) is 0 Å². The number of hydrogen-bond acceptors (Lipinski definition) is 4. The lowest BCUT2D eigenvalue weighted by Crippen LogP contribution is -2.51. The lowest BCUT2D eigenvalue weighted by atomic mass is 10.0. The van der Waals surface area contributed by atoms with Gasteiger partial charge in [0.05, 0.1) is 19.3 Å². The highest BCUT2D eigenvalue weighted by molar-refractivity contribution is 7.84. The first-order valence-electron chi connectivity index (χ1n) is 6.12. The van der Waals surface area contributed by atoms with Crippen LogP contribution in [-0.4, -0.2) is 70.6 Å². The quantitative estimate of drug-likeness (QED) is 0.688. The maximum Gasteiger partial charge on any atom is 0.317 e. The molecule has 0 radical (unpaired) electrons. The van der Waals surface area contributed by atoms with Crippen LogP contribution in [0, 0.1) is 5.92 Å². The van der Waals surface area contributed by atoms with Gasteiger partial charge in [-0.25, -0.2) is 4.79 Å². The minimum Gasteiger partial charge on any atom is -0.481 e. The Morgan fingerprint density at radius 2 is 2.16 bits per heavy atom. The summed E-state index contributed by atoms with van der Waals surface area (Å²) in [6.07, 6.45) is 1.56. The van der Waals surface area contributed by atoms with Crippen molar-refractivity contribution in [2.24, 2.45) is 5.92 Å². The molecule has 1 saturated heterocycles. The molecular formula is C11H20N2O5S. The van der Waals surface area contributed by atoms with Crippen LogP contribution in [0.5, 0.6) is 0 Å². The van der Waals surface area contributed by atoms with Gasteiger partial charge in [0.1, 0.15) is 5.92 Å². The average Bonchev–Trinajstić information content (AvgIpc) is 2.78. The van der Waals surface area contributed by atoms with Crippen LogP contribution < -0.4 is 5.32 Å². The van der Waals surface area contributed by atoms with Crippen molar-refractivity contribution in [2.45, 2.75) is 13.0 Å². The number of hydrogen-bond donors (Lipinski definition) is 2. The number of carboxylic acids is 1. The fraction of sp³-hybridized carbons (Fsp3) is 0.818. The van der Waals surface area contributed by atoms with Gasteiger partial charge < -0.3 is 20.1 Å². The van der Waals surface area contributed by atoms with Gasteiger partial charge in [0.25, 0.3) is 0 Å². The summed E-state index contributed by atoms with van der Waals surface area (Å²) in [7, 11) is -0.965. The Balaban J connectivity index is 2.58. The van der Waals surface area contributed by atoms with E-state index < -0.39 is 28.7 Å². The predicted octanol–water partition coefficient (Wildman–Crippen LogP) is -0.504. The second-order valence-electron chi connectivity index (χ2n) is 4.34. The van der Waals surface area contributed by atoms with Gasteiger partial charge >= 0.3 is 12.0 Å². The van der Waals surface area contributed by atoms with Crippen molar-refractivity contribution in [1.29, 1.82) is 0 Å². The molecule has 1 heterocycles. The molecule has 1 fully saturated rings. The van der Waals surface area contributed by atoms with Crippen LogP contribution in [0.15, 0.2) is 0 Å². The van der Waals surface area contributed by atoms with Crippen molar-refractivity contribution >= 4 is 22.8 Å². The van der Waals surface area contributed by atoms with Gasteiger partial charge in [-0.1, -0.05) is 0 Å². The molecule has 0 aromatic rings. The number of amides is 2. The summed E-state index contributed by atoms with van der Waals surface area (Å²) < 4.78 is 16.1. The van der Waals surface area contributed by atoms with Crippen LogP contribution in [0.3, 0.4) is 0 Å². The van der Waals surface area contributed by atoms with Crippen LogP contribution in [0.25, 0.3) is 0 Å². The van der Waals surface area contributed by atoms with E-state index in [1.165, 1.54) is 4.90 Å². The van der Waals surface area contributed by atoms with E-state index in [0.717, 1.165) is 0 Å². The van der Waals surface area contributed by atoms with Gasteiger partial charge in [0.15, 0.2) is 0 Å². The first kappa shape index (κ1) is 15.9. The molecular weight excluding hydrogens is 272 g/mol. The number of nitrogens with one attached hydrogen (secondary N) is 1. The second-order valence-corrected chi connectivity index (χ2v) is 5.90. The number of rotatable bonds is 6. The summed E-state index contributed by atoms with van der Waals surface area (Å²) >= 11 is 0. The Labute approximate surface area is 114 Å². The summed E-state index contributed by atoms with van der Waals surface area (Å²) in [6.45, 7) is 2.86. The maximum absolute atomic E-state index is 12.0. The van der Waals surface area contributed by atoms with Gasteiger partial charge in [0, 0.05) is 35.9 Å². The van der Waals surface area contributed by atoms with Gasteiger partial charge in [0.2, 0.25) is 0 Å². The van der Waals surface area contributed by atoms with Crippen molar-refractivity contribution < 1.29 is 23.6 Å². The molecule has 0 aromatic heterocycles. The van der Waals surface area contributed by atoms with E-state index in [1.54, 1.807) is 13.2 Å². The van der Waals surface area contributed by atoms with Crippen LogP contribution in [-0.2, 0) is 20.3 Å². The Morgan fingerprint density at radius 3 is 2.68 bits per heavy atom. The molecule has 0 saturated carbocycles. The zero-order valence-electron chi connectivity index (χ0n) is 11.1. The van der Waals surface area contributed by atoms with E-state index in [4.69, 9.17) is 9.84 Å². The Hall–Kier alpha value is -1.15. The number of carboxylic acid groups (broad SMARTS) is 1. The summed E-state index contributed by atoms with van der Waals surface area (Å²) in [4.78, 5) is 24.5. The van der Waals surface area contributed by atoms with Crippen molar-refractivity contribution in [2.75, 3.05) is 38.3 Å². The van der Waals surface area contributed by atoms with Crippen molar-refractivity contribution in [3.8, 4) is 0 Å². The Kier molecular flexibility index (Phi) is 6.23. The molecule has 3 unspecified atom stereocenters. The molecule has 7 nitrogen and oxygen atoms in total. The number of nitrogens with zero attached hydrogens (tertiary/aromatic N) is 1. The smallest absolute Gasteiger partial charge is 0.317 e. The number of ether oxygens (including phenoxy) is 1. The van der Waals surface area contributed by atoms with E-state index in [0.29, 0.717) is 18.8 Å². The molecule has 1 aliphatic rings. The molecule has 0 bridgehead atoms. The highest BCUT2D eigenvalue weighted by atomic mass is 32.2. The van der Waals surface area contributed by atoms with Crippen LogP contribution in [0.1, 0.15) is 6.92 Å². The third-order valence-corrected chi connectivity index (χ3v) is 3.81. The monoisotopic (exact) mass is 292 g/mol. The van der Waals surface area contributed by atoms with E-state index in [2.05, 4.69) is 5.32 Å². The molecule has 1 rings (SSSR count). The summed E-state index contributed by atoms with van der Waals surface area (Å²) in [5, 5.41) is 11.7. The highest BCUT2D eigenvalue weighted by Crippen LogP contribution is 2.20. The zero-order valence-corrected chi connectivity index (χ0v) is 11.9. The molecule has 3 atom stereocenters. The fourth-order valence-electron chi connectivity index (χ4n) is 2.02. The molecule has 0 aromatic carbocycles. The minimum atomic E-state index is -0.965. The number of carbonyl (C=O) groups excluding carboxylic acids is 1. The molecule has 19 heavy (non-hydrogen) atoms. The molecule has 0 aliphatic carbocycles. The van der Waals surface area contributed by atoms with Gasteiger partial charge in [-0.15, -0.1) is 0 Å². The van der Waals surface area contributed by atoms with E-state index >= 15 is 0 Å². The molecule has 8 heteroatoms. The van der Waals surface area contributed by atoms with Crippen LogP contribution >= 0.6 is 0 Å². The summed E-state index contributed by atoms with van der Waals surface area (Å²) in [5.74, 6) is -1.26. The van der Waals surface area contributed by atoms with E-state index in [-0.39, 0.29) is 19.2 Å². The lowest BCUT2D eigenvalue weighted by Gasteiger charge is -2.29. The first-order valence-corrected chi connectivity index (χ1v) is 7.85. The predicted molar refractivity (Wildman–Crippen MR) is 70.4 cm³/mol. The van der Waals surface area contributed by atoms with Crippen molar-refractivity contribution in [3.05, 3.63) is 0 Å². The highest BCUT2D eigenvalue weighted by Gasteiger charge is 2.39. The number of urea groups is 1. The molecule has 2 N–H and O–H groups in total. The Morgan fingerprint density at radius 1 is 1.47 bits per heavy atom. The van der Waals surface area contributed by atoms with Gasteiger partial charge in [-0.3, -0.25) is 9.00 Å². The third-order valence-electron chi connectivity index (χ3n) is 3.04. The van der Waals surface area contributed by atoms with Crippen LogP contribution in [0.4, 0.5) is 4.79 Å². The first-order chi connectivity index (χ1) is 8.97. The molecule has 110 valence electrons. The lowest BCUT2D eigenvalue weighted by molar-refractivity contribution is -0.142. The maximum atomic E-state index is 12.0. The largest absolute Gasteiger partial charge is 0.481 e. The number of likely N-dealkylation sites (N-methyl/N-ethyl adjacent to an activating group) is 1. The van der Waals surface area contributed by atoms with E-state index in [9.17, 15) is 13.8 Å². The standard InChI is InChI=1S/C11H20N2O5S/c1-3-13(11(16)12-4-5-19(2)17)9-7-18-6-8(9)10(14)15/h8-9H,3-7H2,1-2H3,(H,12,16)(H,14,15). The van der Waals surface area contributed by atoms with Crippen molar-refractivity contribution in [3.63, 3.8) is 0 Å². The summed E-state index contributed by atoms with van der Waals surface area (Å²) in [5.41, 5.74) is 0. The minimum absolute atomic E-state index is 0.128. The Bertz CT molecular complexity index is 363. The fourth-order valence-corrected chi connectivity index (χ4v) is 2.41. The topological polar surface area (TPSA) is 95.9 Å². The molecule has 2 amide bonds. The zero-order chi connectivity index (χ0) is 14.4. The normalized spacial score (nSPS) is 23.9. The second kappa shape index (κ2) is 7.44. The molecule has 1 aliphatic heterocycles. The van der Waals surface area contributed by atoms with Crippen LogP contribution in [0.2, 0.25) is 0 Å². The summed E-state index contributed by atoms with van der Waals surface area (Å²) in [6, 6.07) is -0.788. The average molecular weight is 292 g/mol. The SMILES string of the molecule is CCN(C(=O)NCCS(C)=O)C1COCC1C(=O)O. The van der Waals surface area contributed by atoms with Gasteiger partial charge in [-0.05, 0) is 6.92 Å². The molecule has 0 spiro atoms.